The topological polar surface area (TPSA) is 54.9 Å². The average molecular weight is 351 g/mol. The monoisotopic (exact) mass is 351 g/mol. The van der Waals surface area contributed by atoms with Crippen LogP contribution in [0, 0.1) is 0 Å². The maximum absolute atomic E-state index is 12.2. The highest BCUT2D eigenvalue weighted by Gasteiger charge is 2.09. The van der Waals surface area contributed by atoms with Crippen molar-refractivity contribution >= 4 is 55.7 Å². The first kappa shape index (κ1) is 15.1. The van der Waals surface area contributed by atoms with Gasteiger partial charge in [-0.05, 0) is 34.4 Å². The summed E-state index contributed by atoms with van der Waals surface area (Å²) in [6, 6.07) is 16.0. The van der Waals surface area contributed by atoms with Gasteiger partial charge in [-0.25, -0.2) is 9.97 Å². The van der Waals surface area contributed by atoms with Crippen LogP contribution >= 0.6 is 23.1 Å². The van der Waals surface area contributed by atoms with Gasteiger partial charge in [0.1, 0.15) is 16.2 Å². The minimum atomic E-state index is -0.0442. The smallest absolute Gasteiger partial charge is 0.234 e. The van der Waals surface area contributed by atoms with Crippen LogP contribution in [0.15, 0.2) is 65.3 Å². The maximum Gasteiger partial charge on any atom is 0.234 e. The summed E-state index contributed by atoms with van der Waals surface area (Å²) in [6.07, 6.45) is 1.54. The number of amides is 1. The number of benzene rings is 2. The standard InChI is InChI=1S/C18H13N3OS2/c22-16(10-24-18-15-7-8-23-17(15)19-11-20-18)21-14-6-5-12-3-1-2-4-13(12)9-14/h1-9,11H,10H2,(H,21,22). The zero-order valence-electron chi connectivity index (χ0n) is 12.6. The molecule has 2 heterocycles. The Morgan fingerprint density at radius 1 is 1.08 bits per heavy atom. The molecular formula is C18H13N3OS2. The second-order valence-corrected chi connectivity index (χ2v) is 7.08. The lowest BCUT2D eigenvalue weighted by Gasteiger charge is -2.07. The first-order valence-corrected chi connectivity index (χ1v) is 9.26. The van der Waals surface area contributed by atoms with Gasteiger partial charge in [-0.2, -0.15) is 0 Å². The zero-order valence-corrected chi connectivity index (χ0v) is 14.2. The van der Waals surface area contributed by atoms with Gasteiger partial charge in [-0.3, -0.25) is 4.79 Å². The van der Waals surface area contributed by atoms with E-state index >= 15 is 0 Å². The van der Waals surface area contributed by atoms with Crippen molar-refractivity contribution in [3.05, 3.63) is 60.2 Å². The van der Waals surface area contributed by atoms with E-state index in [-0.39, 0.29) is 5.91 Å². The predicted molar refractivity (Wildman–Crippen MR) is 101 cm³/mol. The minimum absolute atomic E-state index is 0.0442. The molecule has 4 rings (SSSR count). The molecule has 2 aromatic carbocycles. The Labute approximate surface area is 146 Å². The number of fused-ring (bicyclic) bond motifs is 2. The van der Waals surface area contributed by atoms with Gasteiger partial charge in [0.25, 0.3) is 0 Å². The summed E-state index contributed by atoms with van der Waals surface area (Å²) in [7, 11) is 0. The average Bonchev–Trinajstić information content (AvgIpc) is 3.09. The van der Waals surface area contributed by atoms with Gasteiger partial charge in [0, 0.05) is 11.1 Å². The molecule has 0 fully saturated rings. The van der Waals surface area contributed by atoms with Gasteiger partial charge < -0.3 is 5.32 Å². The second kappa shape index (κ2) is 6.59. The summed E-state index contributed by atoms with van der Waals surface area (Å²) in [5.41, 5.74) is 0.808. The zero-order chi connectivity index (χ0) is 16.4. The van der Waals surface area contributed by atoms with Crippen molar-refractivity contribution in [2.75, 3.05) is 11.1 Å². The fraction of sp³-hybridized carbons (Fsp3) is 0.0556. The van der Waals surface area contributed by atoms with E-state index in [9.17, 15) is 4.79 Å². The Morgan fingerprint density at radius 3 is 2.88 bits per heavy atom. The lowest BCUT2D eigenvalue weighted by molar-refractivity contribution is -0.113. The van der Waals surface area contributed by atoms with Crippen LogP contribution in [-0.4, -0.2) is 21.6 Å². The molecule has 0 saturated carbocycles. The number of thioether (sulfide) groups is 1. The lowest BCUT2D eigenvalue weighted by Crippen LogP contribution is -2.14. The second-order valence-electron chi connectivity index (χ2n) is 5.22. The van der Waals surface area contributed by atoms with Crippen LogP contribution < -0.4 is 5.32 Å². The molecule has 1 amide bonds. The van der Waals surface area contributed by atoms with Gasteiger partial charge in [-0.15, -0.1) is 11.3 Å². The number of anilines is 1. The van der Waals surface area contributed by atoms with Crippen molar-refractivity contribution in [3.8, 4) is 0 Å². The van der Waals surface area contributed by atoms with Crippen LogP contribution in [0.5, 0.6) is 0 Å². The minimum Gasteiger partial charge on any atom is -0.325 e. The molecule has 1 N–H and O–H groups in total. The summed E-state index contributed by atoms with van der Waals surface area (Å²) < 4.78 is 0. The molecule has 0 spiro atoms. The molecular weight excluding hydrogens is 338 g/mol. The fourth-order valence-corrected chi connectivity index (χ4v) is 4.06. The summed E-state index contributed by atoms with van der Waals surface area (Å²) in [6.45, 7) is 0. The first-order valence-electron chi connectivity index (χ1n) is 7.39. The lowest BCUT2D eigenvalue weighted by atomic mass is 10.1. The Morgan fingerprint density at radius 2 is 1.96 bits per heavy atom. The van der Waals surface area contributed by atoms with Crippen LogP contribution in [0.3, 0.4) is 0 Å². The highest BCUT2D eigenvalue weighted by atomic mass is 32.2. The third-order valence-electron chi connectivity index (χ3n) is 3.60. The number of thiophene rings is 1. The van der Waals surface area contributed by atoms with E-state index in [1.807, 2.05) is 47.8 Å². The quantitative estimate of drug-likeness (QED) is 0.432. The molecule has 0 aliphatic carbocycles. The molecule has 0 saturated heterocycles. The normalized spacial score (nSPS) is 11.0. The van der Waals surface area contributed by atoms with E-state index < -0.39 is 0 Å². The number of carbonyl (C=O) groups is 1. The van der Waals surface area contributed by atoms with Crippen molar-refractivity contribution in [2.24, 2.45) is 0 Å². The molecule has 0 unspecified atom stereocenters. The van der Waals surface area contributed by atoms with Gasteiger partial charge in [0.2, 0.25) is 5.91 Å². The number of aromatic nitrogens is 2. The van der Waals surface area contributed by atoms with Crippen LogP contribution in [0.2, 0.25) is 0 Å². The van der Waals surface area contributed by atoms with Gasteiger partial charge in [-0.1, -0.05) is 42.1 Å². The first-order chi connectivity index (χ1) is 11.8. The van der Waals surface area contributed by atoms with E-state index in [0.717, 1.165) is 31.7 Å². The molecule has 118 valence electrons. The number of hydrogen-bond acceptors (Lipinski definition) is 5. The van der Waals surface area contributed by atoms with E-state index in [4.69, 9.17) is 0 Å². The Balaban J connectivity index is 1.45. The van der Waals surface area contributed by atoms with Crippen molar-refractivity contribution in [1.82, 2.24) is 9.97 Å². The van der Waals surface area contributed by atoms with Gasteiger partial charge in [0.15, 0.2) is 0 Å². The number of nitrogens with zero attached hydrogens (tertiary/aromatic N) is 2. The largest absolute Gasteiger partial charge is 0.325 e. The molecule has 2 aromatic heterocycles. The number of carbonyl (C=O) groups excluding carboxylic acids is 1. The molecule has 4 nitrogen and oxygen atoms in total. The summed E-state index contributed by atoms with van der Waals surface area (Å²) in [5, 5.41) is 9.05. The van der Waals surface area contributed by atoms with E-state index in [1.165, 1.54) is 11.8 Å². The molecule has 0 atom stereocenters. The summed E-state index contributed by atoms with van der Waals surface area (Å²) in [5.74, 6) is 0.270. The third kappa shape index (κ3) is 3.11. The van der Waals surface area contributed by atoms with E-state index in [0.29, 0.717) is 5.75 Å². The van der Waals surface area contributed by atoms with Crippen molar-refractivity contribution < 1.29 is 4.79 Å². The maximum atomic E-state index is 12.2. The van der Waals surface area contributed by atoms with Crippen LogP contribution in [0.1, 0.15) is 0 Å². The number of hydrogen-bond donors (Lipinski definition) is 1. The van der Waals surface area contributed by atoms with Crippen molar-refractivity contribution in [3.63, 3.8) is 0 Å². The highest BCUT2D eigenvalue weighted by Crippen LogP contribution is 2.27. The molecule has 0 radical (unpaired) electrons. The molecule has 4 aromatic rings. The molecule has 0 aliphatic heterocycles. The Bertz CT molecular complexity index is 1030. The number of nitrogens with one attached hydrogen (secondary N) is 1. The molecule has 6 heteroatoms. The van der Waals surface area contributed by atoms with Crippen molar-refractivity contribution in [1.29, 1.82) is 0 Å². The van der Waals surface area contributed by atoms with E-state index in [1.54, 1.807) is 17.7 Å². The Hall–Kier alpha value is -2.44. The predicted octanol–water partition coefficient (Wildman–Crippen LogP) is 4.58. The van der Waals surface area contributed by atoms with Gasteiger partial charge in [0.05, 0.1) is 5.75 Å². The van der Waals surface area contributed by atoms with Crippen LogP contribution in [-0.2, 0) is 4.79 Å². The third-order valence-corrected chi connectivity index (χ3v) is 5.42. The SMILES string of the molecule is O=C(CSc1ncnc2sccc12)Nc1ccc2ccccc2c1. The van der Waals surface area contributed by atoms with Crippen LogP contribution in [0.4, 0.5) is 5.69 Å². The molecule has 24 heavy (non-hydrogen) atoms. The molecule has 0 bridgehead atoms. The number of rotatable bonds is 4. The van der Waals surface area contributed by atoms with Crippen molar-refractivity contribution in [2.45, 2.75) is 5.03 Å². The Kier molecular flexibility index (Phi) is 4.15. The fourth-order valence-electron chi connectivity index (χ4n) is 2.48. The van der Waals surface area contributed by atoms with Crippen LogP contribution in [0.25, 0.3) is 21.0 Å². The summed E-state index contributed by atoms with van der Waals surface area (Å²) >= 11 is 3.00. The summed E-state index contributed by atoms with van der Waals surface area (Å²) in [4.78, 5) is 21.7. The molecule has 0 aliphatic rings. The van der Waals surface area contributed by atoms with E-state index in [2.05, 4.69) is 21.4 Å². The van der Waals surface area contributed by atoms with Gasteiger partial charge >= 0.3 is 0 Å². The highest BCUT2D eigenvalue weighted by molar-refractivity contribution is 8.00.